The minimum absolute atomic E-state index is 0.123. The first-order chi connectivity index (χ1) is 13.5. The number of carbonyl (C=O) groups excluding carboxylic acids is 2. The SMILES string of the molecule is CC(C)c1ccccc1NC(=O)Cc1csc(NC(=O)Cc2ccccc2)n1. The van der Waals surface area contributed by atoms with Crippen molar-refractivity contribution in [3.63, 3.8) is 0 Å². The summed E-state index contributed by atoms with van der Waals surface area (Å²) in [6, 6.07) is 17.3. The minimum Gasteiger partial charge on any atom is -0.325 e. The summed E-state index contributed by atoms with van der Waals surface area (Å²) in [6.07, 6.45) is 0.458. The molecule has 0 aliphatic heterocycles. The zero-order valence-corrected chi connectivity index (χ0v) is 16.8. The van der Waals surface area contributed by atoms with E-state index in [2.05, 4.69) is 29.5 Å². The summed E-state index contributed by atoms with van der Waals surface area (Å²) in [5, 5.41) is 8.06. The van der Waals surface area contributed by atoms with Crippen LogP contribution in [0.2, 0.25) is 0 Å². The van der Waals surface area contributed by atoms with E-state index in [0.717, 1.165) is 16.8 Å². The molecule has 0 fully saturated rings. The molecule has 0 atom stereocenters. The van der Waals surface area contributed by atoms with Crippen LogP contribution < -0.4 is 10.6 Å². The smallest absolute Gasteiger partial charge is 0.230 e. The molecular formula is C22H23N3O2S. The Bertz CT molecular complexity index is 951. The Kier molecular flexibility index (Phi) is 6.55. The minimum atomic E-state index is -0.124. The largest absolute Gasteiger partial charge is 0.325 e. The second-order valence-electron chi connectivity index (χ2n) is 6.82. The molecule has 6 heteroatoms. The van der Waals surface area contributed by atoms with Gasteiger partial charge in [-0.2, -0.15) is 0 Å². The normalized spacial score (nSPS) is 10.7. The van der Waals surface area contributed by atoms with Gasteiger partial charge in [0.1, 0.15) is 0 Å². The monoisotopic (exact) mass is 393 g/mol. The first-order valence-electron chi connectivity index (χ1n) is 9.18. The number of nitrogens with one attached hydrogen (secondary N) is 2. The number of amides is 2. The highest BCUT2D eigenvalue weighted by Gasteiger charge is 2.13. The standard InChI is InChI=1S/C22H23N3O2S/c1-15(2)18-10-6-7-11-19(18)24-21(27)13-17-14-28-22(23-17)25-20(26)12-16-8-4-3-5-9-16/h3-11,14-15H,12-13H2,1-2H3,(H,24,27)(H,23,25,26). The number of benzene rings is 2. The number of para-hydroxylation sites is 1. The number of nitrogens with zero attached hydrogens (tertiary/aromatic N) is 1. The van der Waals surface area contributed by atoms with Gasteiger partial charge in [-0.3, -0.25) is 9.59 Å². The van der Waals surface area contributed by atoms with E-state index in [1.54, 1.807) is 5.38 Å². The first-order valence-corrected chi connectivity index (χ1v) is 10.1. The van der Waals surface area contributed by atoms with Gasteiger partial charge in [0.15, 0.2) is 5.13 Å². The van der Waals surface area contributed by atoms with E-state index in [9.17, 15) is 9.59 Å². The Morgan fingerprint density at radius 3 is 2.36 bits per heavy atom. The van der Waals surface area contributed by atoms with Crippen LogP contribution in [-0.4, -0.2) is 16.8 Å². The average Bonchev–Trinajstić information content (AvgIpc) is 3.09. The molecule has 2 N–H and O–H groups in total. The van der Waals surface area contributed by atoms with Gasteiger partial charge in [0.25, 0.3) is 0 Å². The predicted octanol–water partition coefficient (Wildman–Crippen LogP) is 4.63. The molecule has 144 valence electrons. The van der Waals surface area contributed by atoms with Crippen LogP contribution in [0, 0.1) is 0 Å². The number of rotatable bonds is 7. The lowest BCUT2D eigenvalue weighted by atomic mass is 10.0. The second-order valence-corrected chi connectivity index (χ2v) is 7.68. The van der Waals surface area contributed by atoms with Crippen molar-refractivity contribution in [1.82, 2.24) is 4.98 Å². The van der Waals surface area contributed by atoms with E-state index in [4.69, 9.17) is 0 Å². The number of hydrogen-bond acceptors (Lipinski definition) is 4. The van der Waals surface area contributed by atoms with Crippen LogP contribution in [0.15, 0.2) is 60.0 Å². The molecule has 5 nitrogen and oxygen atoms in total. The van der Waals surface area contributed by atoms with E-state index in [1.165, 1.54) is 11.3 Å². The Labute approximate surface area is 168 Å². The van der Waals surface area contributed by atoms with Crippen molar-refractivity contribution in [3.05, 3.63) is 76.8 Å². The molecule has 0 saturated heterocycles. The predicted molar refractivity (Wildman–Crippen MR) is 114 cm³/mol. The molecule has 2 aromatic carbocycles. The van der Waals surface area contributed by atoms with Gasteiger partial charge in [0.05, 0.1) is 18.5 Å². The third-order valence-electron chi connectivity index (χ3n) is 4.20. The van der Waals surface area contributed by atoms with Gasteiger partial charge >= 0.3 is 0 Å². The molecule has 0 radical (unpaired) electrons. The highest BCUT2D eigenvalue weighted by atomic mass is 32.1. The highest BCUT2D eigenvalue weighted by molar-refractivity contribution is 7.13. The first kappa shape index (κ1) is 19.8. The van der Waals surface area contributed by atoms with Crippen LogP contribution in [0.4, 0.5) is 10.8 Å². The molecule has 0 aliphatic carbocycles. The fourth-order valence-electron chi connectivity index (χ4n) is 2.86. The van der Waals surface area contributed by atoms with Gasteiger partial charge in [0.2, 0.25) is 11.8 Å². The molecule has 0 unspecified atom stereocenters. The zero-order valence-electron chi connectivity index (χ0n) is 15.9. The maximum Gasteiger partial charge on any atom is 0.230 e. The van der Waals surface area contributed by atoms with Crippen molar-refractivity contribution in [1.29, 1.82) is 0 Å². The van der Waals surface area contributed by atoms with Crippen molar-refractivity contribution < 1.29 is 9.59 Å². The summed E-state index contributed by atoms with van der Waals surface area (Å²) < 4.78 is 0. The Hall–Kier alpha value is -2.99. The van der Waals surface area contributed by atoms with Gasteiger partial charge in [-0.25, -0.2) is 4.98 Å². The number of carbonyl (C=O) groups is 2. The fraction of sp³-hybridized carbons (Fsp3) is 0.227. The Morgan fingerprint density at radius 2 is 1.61 bits per heavy atom. The third-order valence-corrected chi connectivity index (χ3v) is 5.01. The van der Waals surface area contributed by atoms with Crippen molar-refractivity contribution in [3.8, 4) is 0 Å². The number of thiazole rings is 1. The zero-order chi connectivity index (χ0) is 19.9. The number of hydrogen-bond donors (Lipinski definition) is 2. The lowest BCUT2D eigenvalue weighted by molar-refractivity contribution is -0.116. The van der Waals surface area contributed by atoms with E-state index >= 15 is 0 Å². The van der Waals surface area contributed by atoms with Crippen molar-refractivity contribution in [2.75, 3.05) is 10.6 Å². The maximum atomic E-state index is 12.4. The van der Waals surface area contributed by atoms with E-state index in [1.807, 2.05) is 54.6 Å². The highest BCUT2D eigenvalue weighted by Crippen LogP contribution is 2.24. The van der Waals surface area contributed by atoms with Gasteiger partial charge in [-0.05, 0) is 23.1 Å². The Morgan fingerprint density at radius 1 is 0.929 bits per heavy atom. The van der Waals surface area contributed by atoms with Crippen LogP contribution >= 0.6 is 11.3 Å². The lowest BCUT2D eigenvalue weighted by Gasteiger charge is -2.13. The average molecular weight is 394 g/mol. The summed E-state index contributed by atoms with van der Waals surface area (Å²) in [6.45, 7) is 4.19. The third kappa shape index (κ3) is 5.50. The van der Waals surface area contributed by atoms with Crippen LogP contribution in [-0.2, 0) is 22.4 Å². The lowest BCUT2D eigenvalue weighted by Crippen LogP contribution is -2.16. The van der Waals surface area contributed by atoms with Crippen molar-refractivity contribution >= 4 is 34.0 Å². The molecule has 3 aromatic rings. The molecule has 0 aliphatic rings. The summed E-state index contributed by atoms with van der Waals surface area (Å²) in [7, 11) is 0. The fourth-order valence-corrected chi connectivity index (χ4v) is 3.59. The second kappa shape index (κ2) is 9.28. The van der Waals surface area contributed by atoms with Gasteiger partial charge in [0, 0.05) is 11.1 Å². The molecule has 0 spiro atoms. The van der Waals surface area contributed by atoms with Crippen molar-refractivity contribution in [2.45, 2.75) is 32.6 Å². The van der Waals surface area contributed by atoms with Crippen LogP contribution in [0.25, 0.3) is 0 Å². The van der Waals surface area contributed by atoms with E-state index in [0.29, 0.717) is 23.2 Å². The molecule has 3 rings (SSSR count). The quantitative estimate of drug-likeness (QED) is 0.615. The molecule has 0 bridgehead atoms. The van der Waals surface area contributed by atoms with Gasteiger partial charge in [-0.1, -0.05) is 62.4 Å². The summed E-state index contributed by atoms with van der Waals surface area (Å²) in [5.74, 6) is 0.0742. The van der Waals surface area contributed by atoms with Crippen LogP contribution in [0.1, 0.15) is 36.6 Å². The van der Waals surface area contributed by atoms with Crippen LogP contribution in [0.3, 0.4) is 0 Å². The summed E-state index contributed by atoms with van der Waals surface area (Å²) >= 11 is 1.32. The van der Waals surface area contributed by atoms with Crippen molar-refractivity contribution in [2.24, 2.45) is 0 Å². The summed E-state index contributed by atoms with van der Waals surface area (Å²) in [4.78, 5) is 28.9. The molecule has 1 heterocycles. The van der Waals surface area contributed by atoms with Crippen LogP contribution in [0.5, 0.6) is 0 Å². The summed E-state index contributed by atoms with van der Waals surface area (Å²) in [5.41, 5.74) is 3.51. The molecule has 28 heavy (non-hydrogen) atoms. The van der Waals surface area contributed by atoms with E-state index in [-0.39, 0.29) is 18.2 Å². The molecular weight excluding hydrogens is 370 g/mol. The molecule has 1 aromatic heterocycles. The molecule has 2 amide bonds. The van der Waals surface area contributed by atoms with Gasteiger partial charge in [-0.15, -0.1) is 11.3 Å². The molecule has 0 saturated carbocycles. The Balaban J connectivity index is 1.56. The van der Waals surface area contributed by atoms with E-state index < -0.39 is 0 Å². The number of anilines is 2. The van der Waals surface area contributed by atoms with Gasteiger partial charge < -0.3 is 10.6 Å². The maximum absolute atomic E-state index is 12.4. The topological polar surface area (TPSA) is 71.1 Å². The number of aromatic nitrogens is 1.